The lowest BCUT2D eigenvalue weighted by molar-refractivity contribution is -0.126. The molecule has 5 nitrogen and oxygen atoms in total. The first-order chi connectivity index (χ1) is 9.95. The van der Waals surface area contributed by atoms with Gasteiger partial charge in [0.25, 0.3) is 0 Å². The third kappa shape index (κ3) is 3.54. The minimum atomic E-state index is -0.600. The first kappa shape index (κ1) is 15.8. The zero-order valence-electron chi connectivity index (χ0n) is 13.1. The fourth-order valence-electron chi connectivity index (χ4n) is 2.55. The molecule has 1 fully saturated rings. The Hall–Kier alpha value is -1.59. The maximum Gasteiger partial charge on any atom is 0.244 e. The van der Waals surface area contributed by atoms with Crippen LogP contribution in [0.25, 0.3) is 0 Å². The molecule has 1 heterocycles. The number of hydrogen-bond acceptors (Lipinski definition) is 4. The van der Waals surface area contributed by atoms with Crippen LogP contribution >= 0.6 is 0 Å². The first-order valence-corrected chi connectivity index (χ1v) is 7.54. The quantitative estimate of drug-likeness (QED) is 0.737. The molecule has 1 saturated heterocycles. The summed E-state index contributed by atoms with van der Waals surface area (Å²) in [6.07, 6.45) is 0.865. The Bertz CT molecular complexity index is 508. The van der Waals surface area contributed by atoms with E-state index in [-0.39, 0.29) is 11.7 Å². The number of amides is 1. The number of anilines is 1. The predicted octanol–water partition coefficient (Wildman–Crippen LogP) is 1.58. The second kappa shape index (κ2) is 6.45. The summed E-state index contributed by atoms with van der Waals surface area (Å²) in [7, 11) is 0. The largest absolute Gasteiger partial charge is 0.506 e. The normalized spacial score (nSPS) is 16.7. The highest BCUT2D eigenvalue weighted by Crippen LogP contribution is 2.26. The lowest BCUT2D eigenvalue weighted by Gasteiger charge is -2.39. The Kier molecular flexibility index (Phi) is 4.85. The molecule has 21 heavy (non-hydrogen) atoms. The van der Waals surface area contributed by atoms with Crippen LogP contribution in [-0.2, 0) is 11.2 Å². The molecule has 1 aliphatic rings. The highest BCUT2D eigenvalue weighted by Gasteiger charge is 2.35. The zero-order chi connectivity index (χ0) is 15.5. The molecule has 1 amide bonds. The molecular formula is C16H25N3O2. The van der Waals surface area contributed by atoms with E-state index in [0.717, 1.165) is 38.2 Å². The van der Waals surface area contributed by atoms with Crippen LogP contribution < -0.4 is 10.6 Å². The summed E-state index contributed by atoms with van der Waals surface area (Å²) in [5, 5.41) is 16.1. The van der Waals surface area contributed by atoms with E-state index in [4.69, 9.17) is 0 Å². The van der Waals surface area contributed by atoms with Gasteiger partial charge in [-0.25, -0.2) is 0 Å². The lowest BCUT2D eigenvalue weighted by Crippen LogP contribution is -2.58. The number of piperazine rings is 1. The second-order valence-electron chi connectivity index (χ2n) is 5.96. The van der Waals surface area contributed by atoms with Gasteiger partial charge in [-0.1, -0.05) is 13.0 Å². The van der Waals surface area contributed by atoms with Gasteiger partial charge in [-0.15, -0.1) is 0 Å². The summed E-state index contributed by atoms with van der Waals surface area (Å²) in [6.45, 7) is 9.38. The van der Waals surface area contributed by atoms with Crippen LogP contribution in [0.3, 0.4) is 0 Å². The van der Waals surface area contributed by atoms with E-state index in [1.165, 1.54) is 0 Å². The van der Waals surface area contributed by atoms with Crippen molar-refractivity contribution < 1.29 is 9.90 Å². The molecule has 3 N–H and O–H groups in total. The van der Waals surface area contributed by atoms with Crippen molar-refractivity contribution in [1.82, 2.24) is 10.2 Å². The van der Waals surface area contributed by atoms with Crippen molar-refractivity contribution in [2.45, 2.75) is 32.7 Å². The van der Waals surface area contributed by atoms with Crippen LogP contribution in [0, 0.1) is 0 Å². The van der Waals surface area contributed by atoms with E-state index < -0.39 is 5.54 Å². The van der Waals surface area contributed by atoms with Gasteiger partial charge in [-0.2, -0.15) is 0 Å². The van der Waals surface area contributed by atoms with E-state index in [1.807, 2.05) is 32.9 Å². The summed E-state index contributed by atoms with van der Waals surface area (Å²) in [4.78, 5) is 14.8. The van der Waals surface area contributed by atoms with Crippen molar-refractivity contribution in [1.29, 1.82) is 0 Å². The van der Waals surface area contributed by atoms with Gasteiger partial charge in [-0.05, 0) is 38.0 Å². The molecule has 1 aromatic rings. The van der Waals surface area contributed by atoms with Crippen molar-refractivity contribution in [3.63, 3.8) is 0 Å². The molecule has 2 rings (SSSR count). The van der Waals surface area contributed by atoms with Gasteiger partial charge in [0.15, 0.2) is 0 Å². The van der Waals surface area contributed by atoms with Crippen LogP contribution in [0.4, 0.5) is 5.69 Å². The SMILES string of the molecule is CCc1ccc(O)c(NC(=O)C(C)(C)N2CCNCC2)c1. The maximum atomic E-state index is 12.6. The van der Waals surface area contributed by atoms with Gasteiger partial charge in [0.1, 0.15) is 5.75 Å². The van der Waals surface area contributed by atoms with Crippen molar-refractivity contribution in [3.05, 3.63) is 23.8 Å². The average molecular weight is 291 g/mol. The highest BCUT2D eigenvalue weighted by atomic mass is 16.3. The molecule has 0 atom stereocenters. The summed E-state index contributed by atoms with van der Waals surface area (Å²) in [5.41, 5.74) is 0.974. The van der Waals surface area contributed by atoms with Gasteiger partial charge in [0.05, 0.1) is 11.2 Å². The number of phenolic OH excluding ortho intramolecular Hbond substituents is 1. The monoisotopic (exact) mass is 291 g/mol. The number of nitrogens with one attached hydrogen (secondary N) is 2. The minimum Gasteiger partial charge on any atom is -0.506 e. The van der Waals surface area contributed by atoms with Crippen LogP contribution in [0.5, 0.6) is 5.75 Å². The molecule has 0 aliphatic carbocycles. The Morgan fingerprint density at radius 1 is 1.38 bits per heavy atom. The standard InChI is InChI=1S/C16H25N3O2/c1-4-12-5-6-14(20)13(11-12)18-15(21)16(2,3)19-9-7-17-8-10-19/h5-6,11,17,20H,4,7-10H2,1-3H3,(H,18,21). The molecule has 0 radical (unpaired) electrons. The molecule has 0 aromatic heterocycles. The number of nitrogens with zero attached hydrogens (tertiary/aromatic N) is 1. The molecule has 5 heteroatoms. The van der Waals surface area contributed by atoms with E-state index in [0.29, 0.717) is 5.69 Å². The Balaban J connectivity index is 2.12. The number of carbonyl (C=O) groups is 1. The molecule has 0 bridgehead atoms. The molecular weight excluding hydrogens is 266 g/mol. The van der Waals surface area contributed by atoms with Crippen molar-refractivity contribution in [2.24, 2.45) is 0 Å². The highest BCUT2D eigenvalue weighted by molar-refractivity contribution is 5.98. The van der Waals surface area contributed by atoms with E-state index in [9.17, 15) is 9.90 Å². The topological polar surface area (TPSA) is 64.6 Å². The van der Waals surface area contributed by atoms with Crippen LogP contribution in [0.15, 0.2) is 18.2 Å². The van der Waals surface area contributed by atoms with E-state index >= 15 is 0 Å². The molecule has 1 aromatic carbocycles. The van der Waals surface area contributed by atoms with Gasteiger partial charge in [0.2, 0.25) is 5.91 Å². The number of benzene rings is 1. The summed E-state index contributed by atoms with van der Waals surface area (Å²) < 4.78 is 0. The van der Waals surface area contributed by atoms with Gasteiger partial charge >= 0.3 is 0 Å². The first-order valence-electron chi connectivity index (χ1n) is 7.54. The summed E-state index contributed by atoms with van der Waals surface area (Å²) in [5.74, 6) is 0.0182. The third-order valence-corrected chi connectivity index (χ3v) is 4.18. The zero-order valence-corrected chi connectivity index (χ0v) is 13.1. The molecule has 116 valence electrons. The number of aromatic hydroxyl groups is 1. The lowest BCUT2D eigenvalue weighted by atomic mass is 10.00. The van der Waals surface area contributed by atoms with Crippen LogP contribution in [0.2, 0.25) is 0 Å². The number of hydrogen-bond donors (Lipinski definition) is 3. The third-order valence-electron chi connectivity index (χ3n) is 4.18. The van der Waals surface area contributed by atoms with Crippen molar-refractivity contribution in [3.8, 4) is 5.75 Å². The Labute approximate surface area is 126 Å². The number of carbonyl (C=O) groups excluding carboxylic acids is 1. The fourth-order valence-corrected chi connectivity index (χ4v) is 2.55. The number of aryl methyl sites for hydroxylation is 1. The Morgan fingerprint density at radius 3 is 2.67 bits per heavy atom. The van der Waals surface area contributed by atoms with E-state index in [2.05, 4.69) is 15.5 Å². The summed E-state index contributed by atoms with van der Waals surface area (Å²) >= 11 is 0. The van der Waals surface area contributed by atoms with Crippen LogP contribution in [-0.4, -0.2) is 47.6 Å². The van der Waals surface area contributed by atoms with E-state index in [1.54, 1.807) is 6.07 Å². The van der Waals surface area contributed by atoms with Gasteiger partial charge in [-0.3, -0.25) is 9.69 Å². The van der Waals surface area contributed by atoms with Crippen molar-refractivity contribution in [2.75, 3.05) is 31.5 Å². The molecule has 0 unspecified atom stereocenters. The van der Waals surface area contributed by atoms with Gasteiger partial charge in [0, 0.05) is 26.2 Å². The molecule has 1 aliphatic heterocycles. The summed E-state index contributed by atoms with van der Waals surface area (Å²) in [6, 6.07) is 5.33. The van der Waals surface area contributed by atoms with Gasteiger partial charge < -0.3 is 15.7 Å². The van der Waals surface area contributed by atoms with Crippen LogP contribution in [0.1, 0.15) is 26.3 Å². The minimum absolute atomic E-state index is 0.0899. The predicted molar refractivity (Wildman–Crippen MR) is 84.6 cm³/mol. The molecule has 0 spiro atoms. The second-order valence-corrected chi connectivity index (χ2v) is 5.96. The average Bonchev–Trinajstić information content (AvgIpc) is 2.50. The maximum absolute atomic E-state index is 12.6. The Morgan fingerprint density at radius 2 is 2.05 bits per heavy atom. The molecule has 0 saturated carbocycles. The fraction of sp³-hybridized carbons (Fsp3) is 0.562. The smallest absolute Gasteiger partial charge is 0.244 e. The van der Waals surface area contributed by atoms with Crippen molar-refractivity contribution >= 4 is 11.6 Å². The number of phenols is 1. The number of rotatable bonds is 4.